The lowest BCUT2D eigenvalue weighted by Crippen LogP contribution is -1.98. The number of aromatic nitrogens is 4. The van der Waals surface area contributed by atoms with Crippen LogP contribution in [0, 0.1) is 0 Å². The molecule has 0 saturated carbocycles. The van der Waals surface area contributed by atoms with Crippen molar-refractivity contribution in [2.75, 3.05) is 5.32 Å². The van der Waals surface area contributed by atoms with Gasteiger partial charge in [-0.2, -0.15) is 5.10 Å². The van der Waals surface area contributed by atoms with Gasteiger partial charge in [0.1, 0.15) is 0 Å². The van der Waals surface area contributed by atoms with Gasteiger partial charge < -0.3 is 5.32 Å². The maximum atomic E-state index is 4.28. The van der Waals surface area contributed by atoms with Crippen LogP contribution in [-0.2, 0) is 6.54 Å². The summed E-state index contributed by atoms with van der Waals surface area (Å²) in [6, 6.07) is 5.94. The van der Waals surface area contributed by atoms with Crippen LogP contribution in [0.25, 0.3) is 17.2 Å². The highest BCUT2D eigenvalue weighted by Gasteiger charge is 1.99. The smallest absolute Gasteiger partial charge is 0.0907 e. The summed E-state index contributed by atoms with van der Waals surface area (Å²) >= 11 is 0. The van der Waals surface area contributed by atoms with E-state index in [0.29, 0.717) is 6.54 Å². The molecule has 5 heteroatoms. The average Bonchev–Trinajstić information content (AvgIpc) is 2.93. The minimum atomic E-state index is 0.708. The molecule has 1 aromatic carbocycles. The molecule has 5 nitrogen and oxygen atoms in total. The number of hydrogen-bond acceptors (Lipinski definition) is 4. The fourth-order valence-corrected chi connectivity index (χ4v) is 1.85. The van der Waals surface area contributed by atoms with Crippen molar-refractivity contribution in [3.05, 3.63) is 55.1 Å². The standard InChI is InChI=1S/C14H13N5/c1-2-19-10-11(9-18-19)8-17-12-3-4-13-14(7-12)16-6-5-15-13/h2-7,9-10,17H,1,8H2. The summed E-state index contributed by atoms with van der Waals surface area (Å²) < 4.78 is 1.68. The van der Waals surface area contributed by atoms with Crippen molar-refractivity contribution in [1.29, 1.82) is 0 Å². The maximum Gasteiger partial charge on any atom is 0.0907 e. The van der Waals surface area contributed by atoms with Gasteiger partial charge in [-0.25, -0.2) is 4.68 Å². The Labute approximate surface area is 110 Å². The second kappa shape index (κ2) is 4.89. The molecule has 0 aliphatic heterocycles. The van der Waals surface area contributed by atoms with Crippen LogP contribution in [0.1, 0.15) is 5.56 Å². The number of anilines is 1. The zero-order valence-electron chi connectivity index (χ0n) is 10.3. The molecule has 94 valence electrons. The maximum absolute atomic E-state index is 4.28. The van der Waals surface area contributed by atoms with Gasteiger partial charge in [-0.3, -0.25) is 9.97 Å². The van der Waals surface area contributed by atoms with E-state index in [1.807, 2.05) is 30.6 Å². The Morgan fingerprint density at radius 3 is 2.84 bits per heavy atom. The van der Waals surface area contributed by atoms with Gasteiger partial charge in [-0.05, 0) is 18.2 Å². The molecule has 3 rings (SSSR count). The molecule has 0 fully saturated rings. The molecular weight excluding hydrogens is 238 g/mol. The lowest BCUT2D eigenvalue weighted by atomic mass is 10.2. The molecule has 0 spiro atoms. The number of fused-ring (bicyclic) bond motifs is 1. The zero-order chi connectivity index (χ0) is 13.1. The van der Waals surface area contributed by atoms with Gasteiger partial charge in [0.2, 0.25) is 0 Å². The van der Waals surface area contributed by atoms with Crippen LogP contribution in [0.5, 0.6) is 0 Å². The lowest BCUT2D eigenvalue weighted by molar-refractivity contribution is 0.936. The monoisotopic (exact) mass is 251 g/mol. The summed E-state index contributed by atoms with van der Waals surface area (Å²) in [7, 11) is 0. The predicted octanol–water partition coefficient (Wildman–Crippen LogP) is 2.54. The van der Waals surface area contributed by atoms with Crippen molar-refractivity contribution >= 4 is 22.9 Å². The van der Waals surface area contributed by atoms with Crippen LogP contribution in [-0.4, -0.2) is 19.7 Å². The van der Waals surface area contributed by atoms with Gasteiger partial charge in [0.25, 0.3) is 0 Å². The number of nitrogens with zero attached hydrogens (tertiary/aromatic N) is 4. The zero-order valence-corrected chi connectivity index (χ0v) is 10.3. The van der Waals surface area contributed by atoms with E-state index in [2.05, 4.69) is 27.0 Å². The van der Waals surface area contributed by atoms with Gasteiger partial charge in [0.15, 0.2) is 0 Å². The molecule has 0 aliphatic carbocycles. The topological polar surface area (TPSA) is 55.6 Å². The number of hydrogen-bond donors (Lipinski definition) is 1. The molecule has 0 radical (unpaired) electrons. The van der Waals surface area contributed by atoms with Crippen molar-refractivity contribution in [2.24, 2.45) is 0 Å². The van der Waals surface area contributed by atoms with Crippen LogP contribution in [0.4, 0.5) is 5.69 Å². The fourth-order valence-electron chi connectivity index (χ4n) is 1.85. The minimum absolute atomic E-state index is 0.708. The van der Waals surface area contributed by atoms with E-state index < -0.39 is 0 Å². The van der Waals surface area contributed by atoms with Gasteiger partial charge in [-0.15, -0.1) is 0 Å². The Morgan fingerprint density at radius 1 is 1.21 bits per heavy atom. The van der Waals surface area contributed by atoms with E-state index in [0.717, 1.165) is 22.3 Å². The molecule has 3 aromatic rings. The third-order valence-electron chi connectivity index (χ3n) is 2.81. The van der Waals surface area contributed by atoms with Crippen molar-refractivity contribution in [1.82, 2.24) is 19.7 Å². The van der Waals surface area contributed by atoms with Gasteiger partial charge in [0.05, 0.1) is 17.2 Å². The molecular formula is C14H13N5. The summed E-state index contributed by atoms with van der Waals surface area (Å²) in [6.45, 7) is 4.37. The summed E-state index contributed by atoms with van der Waals surface area (Å²) in [5.41, 5.74) is 3.89. The SMILES string of the molecule is C=Cn1cc(CNc2ccc3nccnc3c2)cn1. The van der Waals surface area contributed by atoms with Crippen molar-refractivity contribution in [3.63, 3.8) is 0 Å². The Balaban J connectivity index is 1.76. The second-order valence-electron chi connectivity index (χ2n) is 4.12. The summed E-state index contributed by atoms with van der Waals surface area (Å²) in [6.07, 6.45) is 8.80. The van der Waals surface area contributed by atoms with Crippen LogP contribution in [0.2, 0.25) is 0 Å². The molecule has 0 saturated heterocycles. The number of rotatable bonds is 4. The Kier molecular flexibility index (Phi) is 2.94. The van der Waals surface area contributed by atoms with Crippen molar-refractivity contribution < 1.29 is 0 Å². The van der Waals surface area contributed by atoms with E-state index in [1.165, 1.54) is 0 Å². The molecule has 0 bridgehead atoms. The van der Waals surface area contributed by atoms with Crippen molar-refractivity contribution in [2.45, 2.75) is 6.54 Å². The molecule has 0 amide bonds. The molecule has 0 unspecified atom stereocenters. The van der Waals surface area contributed by atoms with Crippen LogP contribution < -0.4 is 5.32 Å². The Bertz CT molecular complexity index is 716. The Hall–Kier alpha value is -2.69. The second-order valence-corrected chi connectivity index (χ2v) is 4.12. The van der Waals surface area contributed by atoms with Crippen LogP contribution in [0.15, 0.2) is 49.6 Å². The van der Waals surface area contributed by atoms with Gasteiger partial charge in [0, 0.05) is 42.6 Å². The minimum Gasteiger partial charge on any atom is -0.381 e. The first kappa shape index (κ1) is 11.4. The highest BCUT2D eigenvalue weighted by atomic mass is 15.2. The lowest BCUT2D eigenvalue weighted by Gasteiger charge is -2.05. The largest absolute Gasteiger partial charge is 0.381 e. The quantitative estimate of drug-likeness (QED) is 0.774. The molecule has 19 heavy (non-hydrogen) atoms. The predicted molar refractivity (Wildman–Crippen MR) is 75.5 cm³/mol. The first-order valence-electron chi connectivity index (χ1n) is 5.95. The number of benzene rings is 1. The van der Waals surface area contributed by atoms with E-state index in [-0.39, 0.29) is 0 Å². The van der Waals surface area contributed by atoms with E-state index in [9.17, 15) is 0 Å². The summed E-state index contributed by atoms with van der Waals surface area (Å²) in [4.78, 5) is 8.52. The highest BCUT2D eigenvalue weighted by Crippen LogP contribution is 2.15. The normalized spacial score (nSPS) is 10.5. The van der Waals surface area contributed by atoms with E-state index >= 15 is 0 Å². The summed E-state index contributed by atoms with van der Waals surface area (Å²) in [5.74, 6) is 0. The molecule has 2 heterocycles. The molecule has 0 atom stereocenters. The van der Waals surface area contributed by atoms with Gasteiger partial charge >= 0.3 is 0 Å². The highest BCUT2D eigenvalue weighted by molar-refractivity contribution is 5.78. The van der Waals surface area contributed by atoms with E-state index in [1.54, 1.807) is 23.3 Å². The average molecular weight is 251 g/mol. The summed E-state index contributed by atoms with van der Waals surface area (Å²) in [5, 5.41) is 7.47. The fraction of sp³-hybridized carbons (Fsp3) is 0.0714. The third-order valence-corrected chi connectivity index (χ3v) is 2.81. The van der Waals surface area contributed by atoms with Gasteiger partial charge in [-0.1, -0.05) is 6.58 Å². The third kappa shape index (κ3) is 2.44. The number of nitrogens with one attached hydrogen (secondary N) is 1. The first-order valence-corrected chi connectivity index (χ1v) is 5.95. The Morgan fingerprint density at radius 2 is 2.05 bits per heavy atom. The van der Waals surface area contributed by atoms with E-state index in [4.69, 9.17) is 0 Å². The molecule has 1 N–H and O–H groups in total. The van der Waals surface area contributed by atoms with Crippen molar-refractivity contribution in [3.8, 4) is 0 Å². The van der Waals surface area contributed by atoms with Crippen LogP contribution in [0.3, 0.4) is 0 Å². The van der Waals surface area contributed by atoms with Crippen LogP contribution >= 0.6 is 0 Å². The first-order chi connectivity index (χ1) is 9.35. The molecule has 0 aliphatic rings. The molecule has 2 aromatic heterocycles.